The molecule has 4 nitrogen and oxygen atoms in total. The van der Waals surface area contributed by atoms with Crippen LogP contribution in [0.5, 0.6) is 0 Å². The molecule has 0 aliphatic heterocycles. The molecule has 0 unspecified atom stereocenters. The first kappa shape index (κ1) is 13.9. The second-order valence-corrected chi connectivity index (χ2v) is 5.98. The van der Waals surface area contributed by atoms with Crippen LogP contribution < -0.4 is 10.6 Å². The van der Waals surface area contributed by atoms with Gasteiger partial charge in [0.15, 0.2) is 0 Å². The zero-order chi connectivity index (χ0) is 14.9. The molecule has 1 saturated carbocycles. The minimum atomic E-state index is 0.165. The Balaban J connectivity index is 1.78. The van der Waals surface area contributed by atoms with Crippen LogP contribution in [0.4, 0.5) is 11.8 Å². The number of hydrogen-bond acceptors (Lipinski definition) is 4. The van der Waals surface area contributed by atoms with Crippen LogP contribution in [0.1, 0.15) is 29.7 Å². The van der Waals surface area contributed by atoms with Crippen molar-refractivity contribution >= 4 is 11.8 Å². The number of hydrogen-bond donors (Lipinski definition) is 2. The Morgan fingerprint density at radius 2 is 1.90 bits per heavy atom. The summed E-state index contributed by atoms with van der Waals surface area (Å²) in [4.78, 5) is 8.85. The molecule has 0 atom stereocenters. The van der Waals surface area contributed by atoms with E-state index < -0.39 is 0 Å². The van der Waals surface area contributed by atoms with Crippen LogP contribution >= 0.6 is 0 Å². The molecule has 1 heterocycles. The topological polar surface area (TPSA) is 49.8 Å². The smallest absolute Gasteiger partial charge is 0.224 e. The lowest BCUT2D eigenvalue weighted by atomic mass is 9.99. The van der Waals surface area contributed by atoms with Gasteiger partial charge in [-0.15, -0.1) is 0 Å². The highest BCUT2D eigenvalue weighted by atomic mass is 15.2. The van der Waals surface area contributed by atoms with E-state index in [0.717, 1.165) is 17.9 Å². The number of nitrogens with zero attached hydrogens (tertiary/aromatic N) is 2. The fourth-order valence-electron chi connectivity index (χ4n) is 2.69. The quantitative estimate of drug-likeness (QED) is 0.883. The lowest BCUT2D eigenvalue weighted by Gasteiger charge is -2.20. The summed E-state index contributed by atoms with van der Waals surface area (Å²) in [6, 6.07) is 10.6. The molecule has 0 spiro atoms. The van der Waals surface area contributed by atoms with Crippen molar-refractivity contribution in [2.45, 2.75) is 38.6 Å². The van der Waals surface area contributed by atoms with Crippen LogP contribution in [0.25, 0.3) is 0 Å². The molecule has 1 aliphatic carbocycles. The van der Waals surface area contributed by atoms with Crippen LogP contribution in [0.2, 0.25) is 0 Å². The molecule has 1 fully saturated rings. The predicted octanol–water partition coefficient (Wildman–Crippen LogP) is 3.32. The summed E-state index contributed by atoms with van der Waals surface area (Å²) in [5.74, 6) is 1.59. The fourth-order valence-corrected chi connectivity index (χ4v) is 2.69. The Morgan fingerprint density at radius 1 is 1.14 bits per heavy atom. The van der Waals surface area contributed by atoms with Gasteiger partial charge in [-0.1, -0.05) is 24.3 Å². The molecule has 2 N–H and O–H groups in total. The van der Waals surface area contributed by atoms with Crippen LogP contribution in [0.3, 0.4) is 0 Å². The third-order valence-corrected chi connectivity index (χ3v) is 4.11. The number of aryl methyl sites for hydroxylation is 2. The van der Waals surface area contributed by atoms with Crippen LogP contribution in [0, 0.1) is 13.8 Å². The Bertz CT molecular complexity index is 647. The van der Waals surface area contributed by atoms with E-state index in [4.69, 9.17) is 0 Å². The third-order valence-electron chi connectivity index (χ3n) is 4.11. The number of anilines is 2. The molecule has 4 heteroatoms. The number of nitrogens with one attached hydrogen (secondary N) is 2. The number of rotatable bonds is 5. The number of benzene rings is 1. The van der Waals surface area contributed by atoms with Crippen molar-refractivity contribution in [1.82, 2.24) is 9.97 Å². The summed E-state index contributed by atoms with van der Waals surface area (Å²) >= 11 is 0. The van der Waals surface area contributed by atoms with Crippen molar-refractivity contribution in [1.29, 1.82) is 0 Å². The van der Waals surface area contributed by atoms with Crippen LogP contribution in [-0.2, 0) is 6.42 Å². The molecule has 21 heavy (non-hydrogen) atoms. The molecular formula is C17H22N4. The van der Waals surface area contributed by atoms with Gasteiger partial charge < -0.3 is 10.6 Å². The minimum Gasteiger partial charge on any atom is -0.364 e. The van der Waals surface area contributed by atoms with Gasteiger partial charge in [-0.25, -0.2) is 4.98 Å². The Morgan fingerprint density at radius 3 is 2.57 bits per heavy atom. The van der Waals surface area contributed by atoms with Gasteiger partial charge in [-0.3, -0.25) is 0 Å². The maximum absolute atomic E-state index is 4.51. The SMILES string of the molecule is CNc1nc(C)cc(NC2(Cc3ccccc3C)CC2)n1. The first-order valence-corrected chi connectivity index (χ1v) is 7.46. The Kier molecular flexibility index (Phi) is 3.53. The van der Waals surface area contributed by atoms with Crippen molar-refractivity contribution < 1.29 is 0 Å². The van der Waals surface area contributed by atoms with Crippen LogP contribution in [-0.4, -0.2) is 22.6 Å². The van der Waals surface area contributed by atoms with E-state index >= 15 is 0 Å². The normalized spacial score (nSPS) is 15.6. The first-order chi connectivity index (χ1) is 10.1. The highest BCUT2D eigenvalue weighted by molar-refractivity contribution is 5.47. The summed E-state index contributed by atoms with van der Waals surface area (Å²) in [6.45, 7) is 4.17. The summed E-state index contributed by atoms with van der Waals surface area (Å²) < 4.78 is 0. The van der Waals surface area contributed by atoms with E-state index in [-0.39, 0.29) is 5.54 Å². The van der Waals surface area contributed by atoms with Gasteiger partial charge >= 0.3 is 0 Å². The predicted molar refractivity (Wildman–Crippen MR) is 86.8 cm³/mol. The molecule has 1 aliphatic rings. The highest BCUT2D eigenvalue weighted by Crippen LogP contribution is 2.42. The summed E-state index contributed by atoms with van der Waals surface area (Å²) in [7, 11) is 1.85. The van der Waals surface area contributed by atoms with Gasteiger partial charge in [0.1, 0.15) is 5.82 Å². The van der Waals surface area contributed by atoms with Crippen molar-refractivity contribution in [3.05, 3.63) is 47.2 Å². The molecule has 1 aromatic carbocycles. The largest absolute Gasteiger partial charge is 0.364 e. The molecule has 0 radical (unpaired) electrons. The first-order valence-electron chi connectivity index (χ1n) is 7.46. The van der Waals surface area contributed by atoms with E-state index in [0.29, 0.717) is 5.95 Å². The summed E-state index contributed by atoms with van der Waals surface area (Å²) in [5, 5.41) is 6.64. The highest BCUT2D eigenvalue weighted by Gasteiger charge is 2.43. The fraction of sp³-hybridized carbons (Fsp3) is 0.412. The molecule has 3 rings (SSSR count). The van der Waals surface area contributed by atoms with E-state index in [1.54, 1.807) is 0 Å². The molecular weight excluding hydrogens is 260 g/mol. The maximum Gasteiger partial charge on any atom is 0.224 e. The van der Waals surface area contributed by atoms with Gasteiger partial charge in [0, 0.05) is 24.3 Å². The lowest BCUT2D eigenvalue weighted by Crippen LogP contribution is -2.25. The lowest BCUT2D eigenvalue weighted by molar-refractivity contribution is 0.717. The van der Waals surface area contributed by atoms with Crippen LogP contribution in [0.15, 0.2) is 30.3 Å². The van der Waals surface area contributed by atoms with E-state index in [1.807, 2.05) is 20.0 Å². The minimum absolute atomic E-state index is 0.165. The molecule has 2 aromatic rings. The Labute approximate surface area is 126 Å². The Hall–Kier alpha value is -2.10. The third kappa shape index (κ3) is 3.15. The van der Waals surface area contributed by atoms with Gasteiger partial charge in [0.25, 0.3) is 0 Å². The average Bonchev–Trinajstić information content (AvgIpc) is 3.20. The maximum atomic E-state index is 4.51. The van der Waals surface area contributed by atoms with Crippen molar-refractivity contribution in [3.63, 3.8) is 0 Å². The molecule has 0 bridgehead atoms. The molecule has 1 aromatic heterocycles. The van der Waals surface area contributed by atoms with Crippen molar-refractivity contribution in [2.24, 2.45) is 0 Å². The molecule has 0 amide bonds. The standard InChI is InChI=1S/C17H22N4/c1-12-6-4-5-7-14(12)11-17(8-9-17)21-15-10-13(2)19-16(18-3)20-15/h4-7,10H,8-9,11H2,1-3H3,(H2,18,19,20,21). The molecule has 110 valence electrons. The number of aromatic nitrogens is 2. The van der Waals surface area contributed by atoms with E-state index in [2.05, 4.69) is 51.8 Å². The van der Waals surface area contributed by atoms with Gasteiger partial charge in [0.2, 0.25) is 5.95 Å². The zero-order valence-electron chi connectivity index (χ0n) is 12.9. The van der Waals surface area contributed by atoms with Gasteiger partial charge in [-0.05, 0) is 44.2 Å². The average molecular weight is 282 g/mol. The zero-order valence-corrected chi connectivity index (χ0v) is 12.9. The van der Waals surface area contributed by atoms with Crippen molar-refractivity contribution in [3.8, 4) is 0 Å². The second-order valence-electron chi connectivity index (χ2n) is 5.98. The van der Waals surface area contributed by atoms with Crippen molar-refractivity contribution in [2.75, 3.05) is 17.7 Å². The van der Waals surface area contributed by atoms with E-state index in [1.165, 1.54) is 24.0 Å². The van der Waals surface area contributed by atoms with E-state index in [9.17, 15) is 0 Å². The second kappa shape index (κ2) is 5.35. The van der Waals surface area contributed by atoms with Gasteiger partial charge in [0.05, 0.1) is 0 Å². The monoisotopic (exact) mass is 282 g/mol. The summed E-state index contributed by atoms with van der Waals surface area (Å²) in [6.07, 6.45) is 3.44. The van der Waals surface area contributed by atoms with Gasteiger partial charge in [-0.2, -0.15) is 4.98 Å². The molecule has 0 saturated heterocycles. The summed E-state index contributed by atoms with van der Waals surface area (Å²) in [5.41, 5.74) is 3.92.